The molecule has 22 atom stereocenters. The van der Waals surface area contributed by atoms with Gasteiger partial charge >= 0.3 is 5.97 Å². The third kappa shape index (κ3) is 6.94. The Labute approximate surface area is 354 Å². The van der Waals surface area contributed by atoms with Crippen molar-refractivity contribution in [2.75, 3.05) is 6.61 Å². The Balaban J connectivity index is 0.863. The van der Waals surface area contributed by atoms with Gasteiger partial charge in [-0.1, -0.05) is 68.2 Å². The minimum Gasteiger partial charge on any atom is -0.481 e. The van der Waals surface area contributed by atoms with Crippen LogP contribution >= 0.6 is 0 Å². The van der Waals surface area contributed by atoms with Crippen LogP contribution in [-0.2, 0) is 9.53 Å². The highest BCUT2D eigenvalue weighted by Crippen LogP contribution is 2.71. The summed E-state index contributed by atoms with van der Waals surface area (Å²) in [6, 6.07) is 0. The Hall–Kier alpha value is -0.690. The summed E-state index contributed by atoms with van der Waals surface area (Å²) < 4.78 is 6.85. The lowest BCUT2D eigenvalue weighted by Gasteiger charge is -2.65. The van der Waals surface area contributed by atoms with Crippen LogP contribution in [0.2, 0.25) is 0 Å². The van der Waals surface area contributed by atoms with E-state index in [1.165, 1.54) is 64.2 Å². The van der Waals surface area contributed by atoms with Crippen LogP contribution in [-0.4, -0.2) is 57.4 Å². The molecule has 0 unspecified atom stereocenters. The van der Waals surface area contributed by atoms with E-state index in [1.54, 1.807) is 0 Å². The number of hydrogen-bond donors (Lipinski definition) is 4. The number of hydrogen-bond acceptors (Lipinski definition) is 5. The highest BCUT2D eigenvalue weighted by Gasteiger charge is 2.67. The molecule has 0 aromatic heterocycles. The first kappa shape index (κ1) is 43.9. The molecule has 0 aromatic carbocycles. The molecular formula is C52H88O6. The van der Waals surface area contributed by atoms with Crippen LogP contribution < -0.4 is 0 Å². The summed E-state index contributed by atoms with van der Waals surface area (Å²) in [7, 11) is 0. The fourth-order valence-corrected chi connectivity index (χ4v) is 19.4. The standard InChI is InChI=1S/C52H88O6/c1-9-34-42-28-32(53)19-23-51(42,7)40-21-25-49(5)36(14-16-38(49)45(40)47(34)56)30(3)12-11-27-58-33-20-24-52(8)41-22-26-50(6)37(31(4)13-18-44(54)55)15-17-39(50)46(41)48(57)35(10-2)43(52)29-33/h30-43,45-48,53,56-57H,9-29H2,1-8H3,(H,54,55)/t30-,31-,32-,33-,34-,35-,36-,37-,38+,39+,40+,41+,42+,43+,45+,46+,47-,48-,49-,50-,51-,52-/m1/s1. The molecule has 0 spiro atoms. The molecule has 332 valence electrons. The van der Waals surface area contributed by atoms with Crippen molar-refractivity contribution in [3.63, 3.8) is 0 Å². The van der Waals surface area contributed by atoms with Crippen molar-refractivity contribution in [2.24, 2.45) is 105 Å². The van der Waals surface area contributed by atoms with Crippen LogP contribution in [0, 0.1) is 105 Å². The smallest absolute Gasteiger partial charge is 0.303 e. The van der Waals surface area contributed by atoms with Gasteiger partial charge in [0.1, 0.15) is 0 Å². The highest BCUT2D eigenvalue weighted by atomic mass is 16.5. The molecule has 58 heavy (non-hydrogen) atoms. The summed E-state index contributed by atoms with van der Waals surface area (Å²) in [4.78, 5) is 11.4. The maximum Gasteiger partial charge on any atom is 0.303 e. The van der Waals surface area contributed by atoms with Crippen LogP contribution in [0.25, 0.3) is 0 Å². The van der Waals surface area contributed by atoms with Crippen LogP contribution in [0.15, 0.2) is 0 Å². The highest BCUT2D eigenvalue weighted by molar-refractivity contribution is 5.66. The number of ether oxygens (including phenoxy) is 1. The van der Waals surface area contributed by atoms with Gasteiger partial charge in [0.05, 0.1) is 24.4 Å². The van der Waals surface area contributed by atoms with Crippen molar-refractivity contribution in [1.29, 1.82) is 0 Å². The minimum absolute atomic E-state index is 0.186. The van der Waals surface area contributed by atoms with E-state index in [2.05, 4.69) is 55.4 Å². The number of aliphatic carboxylic acids is 1. The van der Waals surface area contributed by atoms with E-state index in [0.29, 0.717) is 88.5 Å². The molecule has 0 aromatic rings. The topological polar surface area (TPSA) is 107 Å². The van der Waals surface area contributed by atoms with E-state index < -0.39 is 5.97 Å². The second kappa shape index (κ2) is 16.5. The quantitative estimate of drug-likeness (QED) is 0.146. The first-order chi connectivity index (χ1) is 27.5. The Kier molecular flexibility index (Phi) is 12.5. The van der Waals surface area contributed by atoms with E-state index in [4.69, 9.17) is 4.74 Å². The molecule has 0 radical (unpaired) electrons. The molecule has 8 fully saturated rings. The van der Waals surface area contributed by atoms with Gasteiger partial charge in [-0.05, 0) is 214 Å². The summed E-state index contributed by atoms with van der Waals surface area (Å²) in [6.07, 6.45) is 21.6. The van der Waals surface area contributed by atoms with Crippen molar-refractivity contribution in [2.45, 2.75) is 208 Å². The van der Waals surface area contributed by atoms with Crippen molar-refractivity contribution in [3.8, 4) is 0 Å². The van der Waals surface area contributed by atoms with Gasteiger partial charge < -0.3 is 25.2 Å². The van der Waals surface area contributed by atoms with Gasteiger partial charge in [0, 0.05) is 13.0 Å². The number of rotatable bonds is 12. The molecule has 0 bridgehead atoms. The number of carbonyl (C=O) groups is 1. The second-order valence-corrected chi connectivity index (χ2v) is 24.1. The largest absolute Gasteiger partial charge is 0.481 e. The third-order valence-corrected chi connectivity index (χ3v) is 22.3. The van der Waals surface area contributed by atoms with Crippen LogP contribution in [0.3, 0.4) is 0 Å². The predicted molar refractivity (Wildman–Crippen MR) is 232 cm³/mol. The zero-order valence-electron chi connectivity index (χ0n) is 38.3. The second-order valence-electron chi connectivity index (χ2n) is 24.1. The Bertz CT molecular complexity index is 1450. The normalized spacial score (nSPS) is 53.3. The SMILES string of the molecule is CC[C@H]1[C@@H](O)[C@@H]2[C@H](CC[C@]3(C)[C@@H]([C@H](C)CCCO[C@@H]4CC[C@@]5(C)[C@@H](C4)[C@@H](CC)[C@@H](O)[C@@H]4[C@@H]5CC[C@]5(C)[C@@H]([C@H](C)CCC(=O)O)CC[C@@H]45)CC[C@@H]23)[C@@]2(C)CC[C@@H](O)C[C@@H]12. The molecule has 8 aliphatic carbocycles. The molecular weight excluding hydrogens is 721 g/mol. The Morgan fingerprint density at radius 1 is 0.603 bits per heavy atom. The average Bonchev–Trinajstić information content (AvgIpc) is 3.73. The molecule has 6 nitrogen and oxygen atoms in total. The molecule has 6 heteroatoms. The predicted octanol–water partition coefficient (Wildman–Crippen LogP) is 11.2. The molecule has 4 N–H and O–H groups in total. The van der Waals surface area contributed by atoms with Crippen LogP contribution in [0.5, 0.6) is 0 Å². The first-order valence-electron chi connectivity index (χ1n) is 25.4. The van der Waals surface area contributed by atoms with Gasteiger partial charge in [-0.25, -0.2) is 0 Å². The van der Waals surface area contributed by atoms with E-state index in [-0.39, 0.29) is 41.0 Å². The fourth-order valence-electron chi connectivity index (χ4n) is 19.4. The summed E-state index contributed by atoms with van der Waals surface area (Å²) in [5.74, 6) is 6.51. The summed E-state index contributed by atoms with van der Waals surface area (Å²) in [5.41, 5.74) is 1.06. The van der Waals surface area contributed by atoms with E-state index in [9.17, 15) is 25.2 Å². The lowest BCUT2D eigenvalue weighted by atomic mass is 9.41. The molecule has 0 amide bonds. The summed E-state index contributed by atoms with van der Waals surface area (Å²) >= 11 is 0. The van der Waals surface area contributed by atoms with Gasteiger partial charge in [-0.2, -0.15) is 0 Å². The lowest BCUT2D eigenvalue weighted by Crippen LogP contribution is -2.62. The van der Waals surface area contributed by atoms with Gasteiger partial charge in [-0.15, -0.1) is 0 Å². The van der Waals surface area contributed by atoms with Crippen molar-refractivity contribution >= 4 is 5.97 Å². The average molecular weight is 809 g/mol. The number of carboxylic acids is 1. The van der Waals surface area contributed by atoms with Crippen molar-refractivity contribution < 1.29 is 30.0 Å². The molecule has 8 aliphatic rings. The molecule has 8 saturated carbocycles. The fraction of sp³-hybridized carbons (Fsp3) is 0.981. The zero-order valence-corrected chi connectivity index (χ0v) is 38.3. The number of fused-ring (bicyclic) bond motifs is 10. The zero-order chi connectivity index (χ0) is 41.5. The monoisotopic (exact) mass is 809 g/mol. The van der Waals surface area contributed by atoms with Gasteiger partial charge in [0.25, 0.3) is 0 Å². The Morgan fingerprint density at radius 3 is 1.59 bits per heavy atom. The molecule has 8 rings (SSSR count). The van der Waals surface area contributed by atoms with E-state index in [0.717, 1.165) is 70.3 Å². The maximum atomic E-state index is 12.4. The van der Waals surface area contributed by atoms with E-state index >= 15 is 0 Å². The van der Waals surface area contributed by atoms with Crippen LogP contribution in [0.4, 0.5) is 0 Å². The minimum atomic E-state index is -0.674. The number of aliphatic hydroxyl groups excluding tert-OH is 3. The van der Waals surface area contributed by atoms with Gasteiger partial charge in [0.2, 0.25) is 0 Å². The number of carboxylic acid groups (broad SMARTS) is 1. The van der Waals surface area contributed by atoms with Gasteiger partial charge in [-0.3, -0.25) is 4.79 Å². The molecule has 0 saturated heterocycles. The summed E-state index contributed by atoms with van der Waals surface area (Å²) in [5, 5.41) is 44.6. The third-order valence-electron chi connectivity index (χ3n) is 22.3. The van der Waals surface area contributed by atoms with Crippen LogP contribution in [0.1, 0.15) is 184 Å². The first-order valence-corrected chi connectivity index (χ1v) is 25.4. The van der Waals surface area contributed by atoms with E-state index in [1.807, 2.05) is 0 Å². The Morgan fingerprint density at radius 2 is 1.07 bits per heavy atom. The van der Waals surface area contributed by atoms with Gasteiger partial charge in [0.15, 0.2) is 0 Å². The molecule has 0 heterocycles. The maximum absolute atomic E-state index is 12.4. The number of aliphatic hydroxyl groups is 3. The summed E-state index contributed by atoms with van der Waals surface area (Å²) in [6.45, 7) is 20.6. The molecule has 0 aliphatic heterocycles. The lowest BCUT2D eigenvalue weighted by molar-refractivity contribution is -0.206. The van der Waals surface area contributed by atoms with Crippen molar-refractivity contribution in [3.05, 3.63) is 0 Å². The van der Waals surface area contributed by atoms with Crippen molar-refractivity contribution in [1.82, 2.24) is 0 Å².